The number of hydrogen-bond donors (Lipinski definition) is 1. The fourth-order valence-corrected chi connectivity index (χ4v) is 8.52. The van der Waals surface area contributed by atoms with Gasteiger partial charge in [0, 0.05) is 0 Å². The first-order valence-corrected chi connectivity index (χ1v) is 10.8. The van der Waals surface area contributed by atoms with E-state index in [9.17, 15) is 5.11 Å². The number of phenolic OH excluding ortho intramolecular Hbond substituents is 1. The van der Waals surface area contributed by atoms with Crippen molar-refractivity contribution in [2.24, 2.45) is 0 Å². The van der Waals surface area contributed by atoms with E-state index in [0.29, 0.717) is 5.75 Å². The summed E-state index contributed by atoms with van der Waals surface area (Å²) in [5.74, 6) is 0.297. The van der Waals surface area contributed by atoms with Crippen LogP contribution in [0.5, 0.6) is 5.75 Å². The molecule has 0 aromatic heterocycles. The van der Waals surface area contributed by atoms with E-state index in [0.717, 1.165) is 0 Å². The van der Waals surface area contributed by atoms with Crippen LogP contribution in [0.1, 0.15) is 0 Å². The van der Waals surface area contributed by atoms with Gasteiger partial charge in [-0.15, -0.1) is 0 Å². The summed E-state index contributed by atoms with van der Waals surface area (Å²) in [4.78, 5) is 0. The number of aromatic hydroxyl groups is 1. The van der Waals surface area contributed by atoms with E-state index in [1.807, 2.05) is 0 Å². The number of rotatable bonds is 4. The minimum absolute atomic E-state index is 0.297. The van der Waals surface area contributed by atoms with Gasteiger partial charge in [-0.2, -0.15) is 0 Å². The molecule has 0 aliphatic heterocycles. The molecule has 0 saturated heterocycles. The molecule has 26 heavy (non-hydrogen) atoms. The standard InChI is InChI=1S/C24H21OP/c25-20-16-18-24(19-17-20)26(21-10-4-1-5-11-21,22-12-6-2-7-13-22)23-14-8-3-9-15-23/h1-19,25-26H. The zero-order valence-corrected chi connectivity index (χ0v) is 15.4. The van der Waals surface area contributed by atoms with Crippen molar-refractivity contribution in [3.8, 4) is 5.75 Å². The van der Waals surface area contributed by atoms with Crippen molar-refractivity contribution in [1.29, 1.82) is 0 Å². The molecule has 4 aromatic rings. The second-order valence-corrected chi connectivity index (χ2v) is 10.2. The van der Waals surface area contributed by atoms with Crippen LogP contribution in [0, 0.1) is 0 Å². The number of benzene rings is 4. The first-order chi connectivity index (χ1) is 12.8. The molecule has 1 N–H and O–H groups in total. The Labute approximate surface area is 154 Å². The van der Waals surface area contributed by atoms with Crippen LogP contribution in [0.2, 0.25) is 0 Å². The van der Waals surface area contributed by atoms with Crippen LogP contribution >= 0.6 is 7.26 Å². The summed E-state index contributed by atoms with van der Waals surface area (Å²) < 4.78 is 0. The van der Waals surface area contributed by atoms with Crippen molar-refractivity contribution in [2.75, 3.05) is 0 Å². The van der Waals surface area contributed by atoms with Gasteiger partial charge in [0.1, 0.15) is 0 Å². The molecule has 1 nitrogen and oxygen atoms in total. The average Bonchev–Trinajstić information content (AvgIpc) is 2.72. The van der Waals surface area contributed by atoms with Crippen LogP contribution < -0.4 is 21.2 Å². The summed E-state index contributed by atoms with van der Waals surface area (Å²) in [6.07, 6.45) is 0. The van der Waals surface area contributed by atoms with Gasteiger partial charge in [-0.1, -0.05) is 0 Å². The van der Waals surface area contributed by atoms with E-state index < -0.39 is 7.26 Å². The Morgan fingerprint density at radius 3 is 1.04 bits per heavy atom. The Kier molecular flexibility index (Phi) is 4.56. The van der Waals surface area contributed by atoms with Crippen LogP contribution in [-0.4, -0.2) is 5.11 Å². The van der Waals surface area contributed by atoms with Crippen molar-refractivity contribution in [3.63, 3.8) is 0 Å². The normalized spacial score (nSPS) is 11.8. The molecule has 0 atom stereocenters. The molecule has 0 unspecified atom stereocenters. The van der Waals surface area contributed by atoms with E-state index in [4.69, 9.17) is 0 Å². The van der Waals surface area contributed by atoms with Gasteiger partial charge in [0.2, 0.25) is 0 Å². The maximum atomic E-state index is 9.85. The molecule has 0 aliphatic carbocycles. The van der Waals surface area contributed by atoms with Crippen molar-refractivity contribution in [2.45, 2.75) is 0 Å². The summed E-state index contributed by atoms with van der Waals surface area (Å²) in [5, 5.41) is 15.1. The van der Waals surface area contributed by atoms with Gasteiger partial charge >= 0.3 is 155 Å². The molecule has 0 fully saturated rings. The van der Waals surface area contributed by atoms with Gasteiger partial charge < -0.3 is 0 Å². The third kappa shape index (κ3) is 2.81. The van der Waals surface area contributed by atoms with Gasteiger partial charge in [-0.3, -0.25) is 0 Å². The topological polar surface area (TPSA) is 20.2 Å². The molecule has 4 rings (SSSR count). The molecule has 0 heterocycles. The van der Waals surface area contributed by atoms with E-state index in [2.05, 4.69) is 103 Å². The van der Waals surface area contributed by atoms with Gasteiger partial charge in [0.25, 0.3) is 0 Å². The summed E-state index contributed by atoms with van der Waals surface area (Å²) in [5.41, 5.74) is 0. The number of phenols is 1. The molecule has 2 heteroatoms. The van der Waals surface area contributed by atoms with Crippen LogP contribution in [-0.2, 0) is 0 Å². The Morgan fingerprint density at radius 1 is 0.385 bits per heavy atom. The molecule has 0 amide bonds. The first kappa shape index (κ1) is 16.6. The molecule has 0 spiro atoms. The Balaban J connectivity index is 2.12. The first-order valence-electron chi connectivity index (χ1n) is 8.78. The van der Waals surface area contributed by atoms with E-state index >= 15 is 0 Å². The van der Waals surface area contributed by atoms with Gasteiger partial charge in [0.05, 0.1) is 0 Å². The van der Waals surface area contributed by atoms with Crippen molar-refractivity contribution >= 4 is 28.5 Å². The van der Waals surface area contributed by atoms with E-state index in [1.54, 1.807) is 12.1 Å². The predicted molar refractivity (Wildman–Crippen MR) is 114 cm³/mol. The monoisotopic (exact) mass is 356 g/mol. The zero-order valence-electron chi connectivity index (χ0n) is 14.4. The third-order valence-electron chi connectivity index (χ3n) is 4.92. The van der Waals surface area contributed by atoms with Crippen molar-refractivity contribution in [3.05, 3.63) is 115 Å². The second-order valence-electron chi connectivity index (χ2n) is 6.39. The Bertz CT molecular complexity index is 868. The molecule has 128 valence electrons. The summed E-state index contributed by atoms with van der Waals surface area (Å²) in [6.45, 7) is 0. The van der Waals surface area contributed by atoms with Crippen LogP contribution in [0.25, 0.3) is 0 Å². The van der Waals surface area contributed by atoms with Crippen molar-refractivity contribution in [1.82, 2.24) is 0 Å². The molecule has 0 saturated carbocycles. The quantitative estimate of drug-likeness (QED) is 0.552. The van der Waals surface area contributed by atoms with Gasteiger partial charge in [-0.25, -0.2) is 0 Å². The molecule has 4 aromatic carbocycles. The van der Waals surface area contributed by atoms with Crippen LogP contribution in [0.15, 0.2) is 115 Å². The Morgan fingerprint density at radius 2 is 0.692 bits per heavy atom. The van der Waals surface area contributed by atoms with Crippen LogP contribution in [0.4, 0.5) is 0 Å². The molecule has 0 aliphatic rings. The summed E-state index contributed by atoms with van der Waals surface area (Å²) >= 11 is 0. The molecular formula is C24H21OP. The maximum absolute atomic E-state index is 9.85. The second kappa shape index (κ2) is 7.15. The molecular weight excluding hydrogens is 335 g/mol. The molecule has 0 bridgehead atoms. The number of hydrogen-bond acceptors (Lipinski definition) is 1. The minimum atomic E-state index is -2.43. The van der Waals surface area contributed by atoms with E-state index in [-0.39, 0.29) is 0 Å². The third-order valence-corrected chi connectivity index (χ3v) is 9.72. The van der Waals surface area contributed by atoms with E-state index in [1.165, 1.54) is 21.2 Å². The SMILES string of the molecule is Oc1ccc([PH](c2ccccc2)(c2ccccc2)c2ccccc2)cc1. The molecule has 0 radical (unpaired) electrons. The van der Waals surface area contributed by atoms with Crippen LogP contribution in [0.3, 0.4) is 0 Å². The fraction of sp³-hybridized carbons (Fsp3) is 0. The van der Waals surface area contributed by atoms with Gasteiger partial charge in [-0.05, 0) is 0 Å². The zero-order chi connectivity index (χ0) is 17.8. The fourth-order valence-electron chi connectivity index (χ4n) is 3.78. The van der Waals surface area contributed by atoms with Gasteiger partial charge in [0.15, 0.2) is 0 Å². The predicted octanol–water partition coefficient (Wildman–Crippen LogP) is 3.74. The van der Waals surface area contributed by atoms with Crippen molar-refractivity contribution < 1.29 is 5.11 Å². The summed E-state index contributed by atoms with van der Waals surface area (Å²) in [6, 6.07) is 40.0. The average molecular weight is 356 g/mol. The summed E-state index contributed by atoms with van der Waals surface area (Å²) in [7, 11) is -2.43. The Hall–Kier alpha value is -2.89.